The number of hydrogen-bond acceptors (Lipinski definition) is 3. The van der Waals surface area contributed by atoms with Gasteiger partial charge in [-0.05, 0) is 44.1 Å². The standard InChI is InChI=1S/C15H28N2O2S/c1-6-20-8-7-11(4)17-12(5)14(18)16-13(15(17)19)9-10(2)3/h10-13H,6-9H2,1-5H3,(H,16,18). The molecule has 0 radical (unpaired) electrons. The number of nitrogens with zero attached hydrogens (tertiary/aromatic N) is 1. The molecule has 1 aliphatic heterocycles. The lowest BCUT2D eigenvalue weighted by molar-refractivity contribution is -0.151. The second-order valence-electron chi connectivity index (χ2n) is 5.95. The highest BCUT2D eigenvalue weighted by Gasteiger charge is 2.40. The van der Waals surface area contributed by atoms with E-state index in [0.717, 1.165) is 17.9 Å². The van der Waals surface area contributed by atoms with E-state index in [1.165, 1.54) is 0 Å². The van der Waals surface area contributed by atoms with Crippen LogP contribution in [0.3, 0.4) is 0 Å². The lowest BCUT2D eigenvalue weighted by atomic mass is 9.97. The van der Waals surface area contributed by atoms with Crippen LogP contribution in [-0.2, 0) is 9.59 Å². The number of thioether (sulfide) groups is 1. The molecule has 1 saturated heterocycles. The second kappa shape index (κ2) is 7.91. The van der Waals surface area contributed by atoms with Crippen LogP contribution in [0.2, 0.25) is 0 Å². The van der Waals surface area contributed by atoms with Gasteiger partial charge in [-0.15, -0.1) is 0 Å². The Hall–Kier alpha value is -0.710. The largest absolute Gasteiger partial charge is 0.343 e. The van der Waals surface area contributed by atoms with Crippen LogP contribution in [-0.4, -0.2) is 46.3 Å². The molecule has 0 aliphatic carbocycles. The van der Waals surface area contributed by atoms with Gasteiger partial charge in [0.25, 0.3) is 0 Å². The minimum absolute atomic E-state index is 0.0229. The monoisotopic (exact) mass is 300 g/mol. The van der Waals surface area contributed by atoms with Crippen molar-refractivity contribution < 1.29 is 9.59 Å². The third-order valence-electron chi connectivity index (χ3n) is 3.73. The van der Waals surface area contributed by atoms with E-state index in [1.807, 2.05) is 18.7 Å². The summed E-state index contributed by atoms with van der Waals surface area (Å²) in [5.41, 5.74) is 0. The smallest absolute Gasteiger partial charge is 0.246 e. The Morgan fingerprint density at radius 1 is 1.30 bits per heavy atom. The third-order valence-corrected chi connectivity index (χ3v) is 4.66. The predicted octanol–water partition coefficient (Wildman–Crippen LogP) is 2.28. The molecule has 1 heterocycles. The zero-order valence-electron chi connectivity index (χ0n) is 13.3. The molecule has 0 saturated carbocycles. The van der Waals surface area contributed by atoms with Crippen molar-refractivity contribution in [3.8, 4) is 0 Å². The highest BCUT2D eigenvalue weighted by molar-refractivity contribution is 7.99. The van der Waals surface area contributed by atoms with Gasteiger partial charge in [0.2, 0.25) is 11.8 Å². The zero-order chi connectivity index (χ0) is 15.3. The van der Waals surface area contributed by atoms with Crippen LogP contribution < -0.4 is 5.32 Å². The fraction of sp³-hybridized carbons (Fsp3) is 0.867. The van der Waals surface area contributed by atoms with Gasteiger partial charge in [0, 0.05) is 6.04 Å². The van der Waals surface area contributed by atoms with Gasteiger partial charge in [-0.2, -0.15) is 11.8 Å². The molecule has 1 fully saturated rings. The van der Waals surface area contributed by atoms with Crippen molar-refractivity contribution in [2.24, 2.45) is 5.92 Å². The topological polar surface area (TPSA) is 49.4 Å². The number of piperazine rings is 1. The lowest BCUT2D eigenvalue weighted by Gasteiger charge is -2.41. The number of carbonyl (C=O) groups is 2. The van der Waals surface area contributed by atoms with E-state index >= 15 is 0 Å². The first-order chi connectivity index (χ1) is 9.38. The van der Waals surface area contributed by atoms with E-state index in [9.17, 15) is 9.59 Å². The Labute approximate surface area is 127 Å². The lowest BCUT2D eigenvalue weighted by Crippen LogP contribution is -2.64. The molecule has 0 aromatic rings. The van der Waals surface area contributed by atoms with Crippen LogP contribution in [0, 0.1) is 5.92 Å². The number of hydrogen-bond donors (Lipinski definition) is 1. The normalized spacial score (nSPS) is 25.0. The van der Waals surface area contributed by atoms with Crippen LogP contribution in [0.15, 0.2) is 0 Å². The highest BCUT2D eigenvalue weighted by Crippen LogP contribution is 2.20. The summed E-state index contributed by atoms with van der Waals surface area (Å²) < 4.78 is 0. The average molecular weight is 300 g/mol. The Morgan fingerprint density at radius 2 is 1.95 bits per heavy atom. The fourth-order valence-electron chi connectivity index (χ4n) is 2.62. The van der Waals surface area contributed by atoms with Crippen molar-refractivity contribution in [3.05, 3.63) is 0 Å². The van der Waals surface area contributed by atoms with Gasteiger partial charge in [0.1, 0.15) is 12.1 Å². The van der Waals surface area contributed by atoms with Crippen LogP contribution in [0.25, 0.3) is 0 Å². The maximum atomic E-state index is 12.6. The van der Waals surface area contributed by atoms with Gasteiger partial charge >= 0.3 is 0 Å². The summed E-state index contributed by atoms with van der Waals surface area (Å²) >= 11 is 1.88. The van der Waals surface area contributed by atoms with E-state index in [0.29, 0.717) is 12.3 Å². The summed E-state index contributed by atoms with van der Waals surface area (Å²) in [4.78, 5) is 26.5. The Balaban J connectivity index is 2.74. The Morgan fingerprint density at radius 3 is 2.50 bits per heavy atom. The van der Waals surface area contributed by atoms with E-state index in [2.05, 4.69) is 33.0 Å². The van der Waals surface area contributed by atoms with Gasteiger partial charge in [0.05, 0.1) is 0 Å². The molecule has 0 spiro atoms. The first kappa shape index (κ1) is 17.3. The minimum atomic E-state index is -0.354. The number of amides is 2. The minimum Gasteiger partial charge on any atom is -0.343 e. The molecule has 20 heavy (non-hydrogen) atoms. The van der Waals surface area contributed by atoms with E-state index < -0.39 is 0 Å². The molecule has 3 unspecified atom stereocenters. The molecular formula is C15H28N2O2S. The van der Waals surface area contributed by atoms with Crippen molar-refractivity contribution in [1.82, 2.24) is 10.2 Å². The molecule has 3 atom stereocenters. The Bertz CT molecular complexity index is 347. The van der Waals surface area contributed by atoms with Gasteiger partial charge in [0.15, 0.2) is 0 Å². The quantitative estimate of drug-likeness (QED) is 0.734. The summed E-state index contributed by atoms with van der Waals surface area (Å²) in [7, 11) is 0. The summed E-state index contributed by atoms with van der Waals surface area (Å²) in [6.07, 6.45) is 1.65. The van der Waals surface area contributed by atoms with Gasteiger partial charge in [-0.25, -0.2) is 0 Å². The molecular weight excluding hydrogens is 272 g/mol. The van der Waals surface area contributed by atoms with Crippen molar-refractivity contribution in [2.75, 3.05) is 11.5 Å². The number of nitrogens with one attached hydrogen (secondary N) is 1. The summed E-state index contributed by atoms with van der Waals surface area (Å²) in [6, 6.07) is -0.579. The molecule has 0 aromatic heterocycles. The van der Waals surface area contributed by atoms with Crippen LogP contribution in [0.4, 0.5) is 0 Å². The highest BCUT2D eigenvalue weighted by atomic mass is 32.2. The molecule has 1 rings (SSSR count). The SMILES string of the molecule is CCSCCC(C)N1C(=O)C(CC(C)C)NC(=O)C1C. The molecule has 2 amide bonds. The summed E-state index contributed by atoms with van der Waals surface area (Å²) in [6.45, 7) is 10.2. The molecule has 0 bridgehead atoms. The fourth-order valence-corrected chi connectivity index (χ4v) is 3.42. The zero-order valence-corrected chi connectivity index (χ0v) is 14.1. The van der Waals surface area contributed by atoms with Gasteiger partial charge < -0.3 is 10.2 Å². The first-order valence-corrected chi connectivity index (χ1v) is 8.74. The van der Waals surface area contributed by atoms with Crippen LogP contribution >= 0.6 is 11.8 Å². The number of carbonyl (C=O) groups excluding carboxylic acids is 2. The molecule has 4 nitrogen and oxygen atoms in total. The van der Waals surface area contributed by atoms with Crippen molar-refractivity contribution in [1.29, 1.82) is 0 Å². The third kappa shape index (κ3) is 4.40. The predicted molar refractivity (Wildman–Crippen MR) is 84.8 cm³/mol. The molecule has 1 aliphatic rings. The van der Waals surface area contributed by atoms with Crippen LogP contribution in [0.5, 0.6) is 0 Å². The maximum absolute atomic E-state index is 12.6. The molecule has 116 valence electrons. The Kier molecular flexibility index (Phi) is 6.86. The van der Waals surface area contributed by atoms with Crippen molar-refractivity contribution >= 4 is 23.6 Å². The molecule has 0 aromatic carbocycles. The van der Waals surface area contributed by atoms with E-state index in [4.69, 9.17) is 0 Å². The summed E-state index contributed by atoms with van der Waals surface area (Å²) in [5, 5.41) is 2.86. The summed E-state index contributed by atoms with van der Waals surface area (Å²) in [5.74, 6) is 2.58. The maximum Gasteiger partial charge on any atom is 0.246 e. The van der Waals surface area contributed by atoms with E-state index in [1.54, 1.807) is 4.90 Å². The van der Waals surface area contributed by atoms with Crippen molar-refractivity contribution in [2.45, 2.75) is 65.6 Å². The average Bonchev–Trinajstić information content (AvgIpc) is 2.36. The van der Waals surface area contributed by atoms with Crippen molar-refractivity contribution in [3.63, 3.8) is 0 Å². The second-order valence-corrected chi connectivity index (χ2v) is 7.34. The number of rotatable bonds is 7. The first-order valence-electron chi connectivity index (χ1n) is 7.58. The van der Waals surface area contributed by atoms with Gasteiger partial charge in [-0.3, -0.25) is 9.59 Å². The molecule has 1 N–H and O–H groups in total. The molecule has 5 heteroatoms. The van der Waals surface area contributed by atoms with Gasteiger partial charge in [-0.1, -0.05) is 20.8 Å². The van der Waals surface area contributed by atoms with E-state index in [-0.39, 0.29) is 29.9 Å². The van der Waals surface area contributed by atoms with Crippen LogP contribution in [0.1, 0.15) is 47.5 Å².